The van der Waals surface area contributed by atoms with Gasteiger partial charge in [-0.05, 0) is 40.8 Å². The molecule has 60 valence electrons. The lowest BCUT2D eigenvalue weighted by atomic mass is 10.3. The summed E-state index contributed by atoms with van der Waals surface area (Å²) in [6, 6.07) is 10.1. The second kappa shape index (κ2) is 3.26. The van der Waals surface area contributed by atoms with Crippen LogP contribution in [0, 0.1) is 3.57 Å². The van der Waals surface area contributed by atoms with Crippen LogP contribution >= 0.6 is 22.6 Å². The number of nitrogens with zero attached hydrogens (tertiary/aromatic N) is 2. The third kappa shape index (κ3) is 1.36. The van der Waals surface area contributed by atoms with Crippen molar-refractivity contribution in [2.45, 2.75) is 0 Å². The molecular formula is C9H7IN2. The normalized spacial score (nSPS) is 10.1. The van der Waals surface area contributed by atoms with E-state index in [0.717, 1.165) is 5.69 Å². The van der Waals surface area contributed by atoms with Crippen molar-refractivity contribution in [2.75, 3.05) is 0 Å². The minimum Gasteiger partial charge on any atom is -0.240 e. The van der Waals surface area contributed by atoms with Gasteiger partial charge in [0.15, 0.2) is 0 Å². The molecule has 2 rings (SSSR count). The molecule has 0 atom stereocenters. The predicted molar refractivity (Wildman–Crippen MR) is 56.3 cm³/mol. The first-order valence-corrected chi connectivity index (χ1v) is 4.70. The standard InChI is InChI=1S/C9H7IN2/c10-8-4-1-2-5-9(8)12-7-3-6-11-12/h1-7H. The van der Waals surface area contributed by atoms with Crippen molar-refractivity contribution in [1.29, 1.82) is 0 Å². The van der Waals surface area contributed by atoms with Crippen LogP contribution in [0.25, 0.3) is 5.69 Å². The zero-order chi connectivity index (χ0) is 8.39. The van der Waals surface area contributed by atoms with Crippen LogP contribution < -0.4 is 0 Å². The van der Waals surface area contributed by atoms with Crippen molar-refractivity contribution in [3.63, 3.8) is 0 Å². The molecule has 0 N–H and O–H groups in total. The minimum atomic E-state index is 1.13. The van der Waals surface area contributed by atoms with Crippen LogP contribution in [0.2, 0.25) is 0 Å². The van der Waals surface area contributed by atoms with E-state index in [1.54, 1.807) is 6.20 Å². The van der Waals surface area contributed by atoms with Crippen LogP contribution in [-0.4, -0.2) is 9.78 Å². The summed E-state index contributed by atoms with van der Waals surface area (Å²) in [5.41, 5.74) is 1.13. The second-order valence-corrected chi connectivity index (χ2v) is 3.56. The van der Waals surface area contributed by atoms with Crippen molar-refractivity contribution >= 4 is 22.6 Å². The monoisotopic (exact) mass is 270 g/mol. The molecule has 12 heavy (non-hydrogen) atoms. The van der Waals surface area contributed by atoms with E-state index < -0.39 is 0 Å². The number of benzene rings is 1. The number of rotatable bonds is 1. The molecule has 2 nitrogen and oxygen atoms in total. The van der Waals surface area contributed by atoms with Crippen molar-refractivity contribution in [3.8, 4) is 5.69 Å². The molecule has 0 saturated heterocycles. The molecule has 1 aromatic carbocycles. The number of para-hydroxylation sites is 1. The summed E-state index contributed by atoms with van der Waals surface area (Å²) in [7, 11) is 0. The fourth-order valence-corrected chi connectivity index (χ4v) is 1.68. The number of aromatic nitrogens is 2. The van der Waals surface area contributed by atoms with Crippen LogP contribution in [0.15, 0.2) is 42.7 Å². The predicted octanol–water partition coefficient (Wildman–Crippen LogP) is 2.48. The minimum absolute atomic E-state index is 1.13. The van der Waals surface area contributed by atoms with Gasteiger partial charge in [0.2, 0.25) is 0 Å². The Kier molecular flexibility index (Phi) is 2.12. The second-order valence-electron chi connectivity index (χ2n) is 2.40. The molecule has 0 radical (unpaired) electrons. The Morgan fingerprint density at radius 2 is 2.00 bits per heavy atom. The molecule has 0 saturated carbocycles. The Balaban J connectivity index is 2.55. The third-order valence-electron chi connectivity index (χ3n) is 1.60. The number of hydrogen-bond donors (Lipinski definition) is 0. The van der Waals surface area contributed by atoms with Crippen molar-refractivity contribution in [3.05, 3.63) is 46.3 Å². The maximum Gasteiger partial charge on any atom is 0.0778 e. The van der Waals surface area contributed by atoms with Gasteiger partial charge in [0, 0.05) is 16.0 Å². The van der Waals surface area contributed by atoms with E-state index in [-0.39, 0.29) is 0 Å². The van der Waals surface area contributed by atoms with Gasteiger partial charge in [0.05, 0.1) is 5.69 Å². The molecule has 0 aliphatic heterocycles. The first kappa shape index (κ1) is 7.79. The molecule has 0 bridgehead atoms. The van der Waals surface area contributed by atoms with Gasteiger partial charge < -0.3 is 0 Å². The van der Waals surface area contributed by atoms with Gasteiger partial charge in [-0.1, -0.05) is 12.1 Å². The highest BCUT2D eigenvalue weighted by atomic mass is 127. The Bertz CT molecular complexity index is 368. The van der Waals surface area contributed by atoms with Crippen LogP contribution in [0.1, 0.15) is 0 Å². The largest absolute Gasteiger partial charge is 0.240 e. The lowest BCUT2D eigenvalue weighted by Gasteiger charge is -2.02. The van der Waals surface area contributed by atoms with Gasteiger partial charge in [-0.25, -0.2) is 4.68 Å². The van der Waals surface area contributed by atoms with Gasteiger partial charge in [0.1, 0.15) is 0 Å². The Labute approximate surface area is 84.4 Å². The fraction of sp³-hybridized carbons (Fsp3) is 0. The van der Waals surface area contributed by atoms with Gasteiger partial charge in [0.25, 0.3) is 0 Å². The third-order valence-corrected chi connectivity index (χ3v) is 2.52. The summed E-state index contributed by atoms with van der Waals surface area (Å²) in [6.45, 7) is 0. The Morgan fingerprint density at radius 3 is 2.67 bits per heavy atom. The maximum absolute atomic E-state index is 4.16. The summed E-state index contributed by atoms with van der Waals surface area (Å²) in [4.78, 5) is 0. The molecule has 0 spiro atoms. The van der Waals surface area contributed by atoms with Gasteiger partial charge >= 0.3 is 0 Å². The number of hydrogen-bond acceptors (Lipinski definition) is 1. The molecule has 0 aliphatic rings. The molecule has 1 aromatic heterocycles. The van der Waals surface area contributed by atoms with Crippen molar-refractivity contribution in [2.24, 2.45) is 0 Å². The fourth-order valence-electron chi connectivity index (χ4n) is 1.05. The summed E-state index contributed by atoms with van der Waals surface area (Å²) in [5, 5.41) is 4.16. The maximum atomic E-state index is 4.16. The lowest BCUT2D eigenvalue weighted by Crippen LogP contribution is -1.95. The zero-order valence-corrected chi connectivity index (χ0v) is 8.47. The molecule has 1 heterocycles. The highest BCUT2D eigenvalue weighted by molar-refractivity contribution is 14.1. The van der Waals surface area contributed by atoms with Crippen LogP contribution in [-0.2, 0) is 0 Å². The zero-order valence-electron chi connectivity index (χ0n) is 6.31. The van der Waals surface area contributed by atoms with Crippen molar-refractivity contribution in [1.82, 2.24) is 9.78 Å². The smallest absolute Gasteiger partial charge is 0.0778 e. The lowest BCUT2D eigenvalue weighted by molar-refractivity contribution is 0.876. The molecule has 0 unspecified atom stereocenters. The SMILES string of the molecule is Ic1ccccc1-n1cccn1. The average molecular weight is 270 g/mol. The molecule has 0 fully saturated rings. The molecule has 2 aromatic rings. The van der Waals surface area contributed by atoms with E-state index in [0.29, 0.717) is 0 Å². The highest BCUT2D eigenvalue weighted by Gasteiger charge is 1.98. The summed E-state index contributed by atoms with van der Waals surface area (Å²) < 4.78 is 3.07. The summed E-state index contributed by atoms with van der Waals surface area (Å²) in [5.74, 6) is 0. The van der Waals surface area contributed by atoms with Gasteiger partial charge in [-0.3, -0.25) is 0 Å². The topological polar surface area (TPSA) is 17.8 Å². The average Bonchev–Trinajstić information content (AvgIpc) is 2.57. The quantitative estimate of drug-likeness (QED) is 0.728. The molecule has 0 amide bonds. The molecule has 3 heteroatoms. The molecule has 0 aliphatic carbocycles. The first-order valence-electron chi connectivity index (χ1n) is 3.62. The van der Waals surface area contributed by atoms with Crippen LogP contribution in [0.3, 0.4) is 0 Å². The van der Waals surface area contributed by atoms with Crippen molar-refractivity contribution < 1.29 is 0 Å². The van der Waals surface area contributed by atoms with E-state index in [1.165, 1.54) is 3.57 Å². The van der Waals surface area contributed by atoms with Gasteiger partial charge in [-0.2, -0.15) is 5.10 Å². The number of halogens is 1. The highest BCUT2D eigenvalue weighted by Crippen LogP contribution is 2.14. The van der Waals surface area contributed by atoms with Crippen LogP contribution in [0.4, 0.5) is 0 Å². The van der Waals surface area contributed by atoms with Gasteiger partial charge in [-0.15, -0.1) is 0 Å². The Morgan fingerprint density at radius 1 is 1.17 bits per heavy atom. The first-order chi connectivity index (χ1) is 5.88. The van der Waals surface area contributed by atoms with E-state index >= 15 is 0 Å². The Hall–Kier alpha value is -0.840. The summed E-state index contributed by atoms with van der Waals surface area (Å²) >= 11 is 2.30. The van der Waals surface area contributed by atoms with Crippen LogP contribution in [0.5, 0.6) is 0 Å². The van der Waals surface area contributed by atoms with E-state index in [1.807, 2.05) is 29.1 Å². The molecular weight excluding hydrogens is 263 g/mol. The summed E-state index contributed by atoms with van der Waals surface area (Å²) in [6.07, 6.45) is 3.72. The van der Waals surface area contributed by atoms with E-state index in [2.05, 4.69) is 39.8 Å². The van der Waals surface area contributed by atoms with E-state index in [9.17, 15) is 0 Å². The van der Waals surface area contributed by atoms with E-state index in [4.69, 9.17) is 0 Å².